The summed E-state index contributed by atoms with van der Waals surface area (Å²) in [5, 5.41) is 10.2. The fraction of sp³-hybridized carbons (Fsp3) is 0.222. The maximum Gasteiger partial charge on any atom is 0.339 e. The van der Waals surface area contributed by atoms with Crippen molar-refractivity contribution < 1.29 is 9.52 Å². The maximum atomic E-state index is 13.0. The van der Waals surface area contributed by atoms with Crippen LogP contribution in [0.4, 0.5) is 0 Å². The smallest absolute Gasteiger partial charge is 0.339 e. The summed E-state index contributed by atoms with van der Waals surface area (Å²) < 4.78 is 7.01. The molecule has 114 valence electrons. The van der Waals surface area contributed by atoms with Crippen LogP contribution in [-0.4, -0.2) is 9.67 Å². The lowest BCUT2D eigenvalue weighted by atomic mass is 9.83. The van der Waals surface area contributed by atoms with Crippen molar-refractivity contribution in [2.75, 3.05) is 0 Å². The van der Waals surface area contributed by atoms with E-state index in [-0.39, 0.29) is 28.2 Å². The molecule has 0 bridgehead atoms. The van der Waals surface area contributed by atoms with Gasteiger partial charge in [-0.1, -0.05) is 18.2 Å². The predicted molar refractivity (Wildman–Crippen MR) is 84.5 cm³/mol. The van der Waals surface area contributed by atoms with Gasteiger partial charge in [0.1, 0.15) is 11.1 Å². The third-order valence-electron chi connectivity index (χ3n) is 4.98. The molecule has 5 rings (SSSR count). The molecule has 0 radical (unpaired) electrons. The molecule has 0 saturated carbocycles. The van der Waals surface area contributed by atoms with Crippen LogP contribution in [0.2, 0.25) is 0 Å². The van der Waals surface area contributed by atoms with Crippen molar-refractivity contribution in [1.29, 1.82) is 0 Å². The minimum atomic E-state index is -0.631. The molecule has 5 heteroatoms. The van der Waals surface area contributed by atoms with Gasteiger partial charge in [-0.15, -0.1) is 0 Å². The van der Waals surface area contributed by atoms with Crippen molar-refractivity contribution in [2.45, 2.75) is 25.2 Å². The molecule has 0 saturated heterocycles. The zero-order chi connectivity index (χ0) is 15.7. The molecular weight excluding hydrogens is 294 g/mol. The standard InChI is InChI=1S/C18H13NO4/c20-13-8-14(21)23-17-11-6-3-5-10-9-4-1-2-7-12(9)19(16(10)11)18(22)15(13)17/h1-2,4,7-8,10,20H,3,5-6H2. The number of benzene rings is 1. The van der Waals surface area contributed by atoms with Gasteiger partial charge < -0.3 is 9.52 Å². The Kier molecular flexibility index (Phi) is 2.28. The van der Waals surface area contributed by atoms with Gasteiger partial charge in [-0.3, -0.25) is 9.36 Å². The summed E-state index contributed by atoms with van der Waals surface area (Å²) in [4.78, 5) is 24.7. The maximum absolute atomic E-state index is 13.0. The van der Waals surface area contributed by atoms with Gasteiger partial charge in [0.2, 0.25) is 0 Å². The van der Waals surface area contributed by atoms with Crippen molar-refractivity contribution in [3.63, 3.8) is 0 Å². The van der Waals surface area contributed by atoms with Crippen LogP contribution >= 0.6 is 0 Å². The fourth-order valence-electron chi connectivity index (χ4n) is 4.13. The molecule has 2 aromatic heterocycles. The van der Waals surface area contributed by atoms with Gasteiger partial charge in [-0.25, -0.2) is 4.79 Å². The van der Waals surface area contributed by atoms with Crippen molar-refractivity contribution in [1.82, 2.24) is 4.57 Å². The van der Waals surface area contributed by atoms with Gasteiger partial charge in [0.25, 0.3) is 5.56 Å². The Labute approximate surface area is 130 Å². The third-order valence-corrected chi connectivity index (χ3v) is 4.98. The number of hydrogen-bond acceptors (Lipinski definition) is 4. The monoisotopic (exact) mass is 307 g/mol. The lowest BCUT2D eigenvalue weighted by molar-refractivity contribution is 0.464. The molecule has 23 heavy (non-hydrogen) atoms. The van der Waals surface area contributed by atoms with E-state index in [0.29, 0.717) is 0 Å². The summed E-state index contributed by atoms with van der Waals surface area (Å²) in [5.41, 5.74) is 3.09. The van der Waals surface area contributed by atoms with E-state index in [1.807, 2.05) is 24.3 Å². The summed E-state index contributed by atoms with van der Waals surface area (Å²) in [6, 6.07) is 8.82. The molecule has 1 unspecified atom stereocenters. The van der Waals surface area contributed by atoms with Crippen LogP contribution in [0.3, 0.4) is 0 Å². The number of aryl methyl sites for hydroxylation is 1. The van der Waals surface area contributed by atoms with E-state index >= 15 is 0 Å². The Balaban J connectivity index is 2.07. The number of nitrogens with zero attached hydrogens (tertiary/aromatic N) is 1. The van der Waals surface area contributed by atoms with Gasteiger partial charge in [-0.2, -0.15) is 0 Å². The molecule has 0 fully saturated rings. The summed E-state index contributed by atoms with van der Waals surface area (Å²) in [7, 11) is 0. The summed E-state index contributed by atoms with van der Waals surface area (Å²) >= 11 is 0. The van der Waals surface area contributed by atoms with Crippen LogP contribution < -0.4 is 11.2 Å². The second-order valence-electron chi connectivity index (χ2n) is 6.16. The normalized spacial score (nSPS) is 18.0. The number of pyridine rings is 1. The van der Waals surface area contributed by atoms with Gasteiger partial charge >= 0.3 is 5.63 Å². The van der Waals surface area contributed by atoms with Crippen LogP contribution in [0.1, 0.15) is 35.6 Å². The molecule has 1 atom stereocenters. The van der Waals surface area contributed by atoms with Crippen LogP contribution in [0.15, 0.2) is 44.3 Å². The third kappa shape index (κ3) is 1.46. The minimum absolute atomic E-state index is 0.0979. The molecule has 0 spiro atoms. The van der Waals surface area contributed by atoms with Gasteiger partial charge in [-0.05, 0) is 30.9 Å². The van der Waals surface area contributed by atoms with E-state index in [0.717, 1.165) is 47.8 Å². The molecule has 3 aromatic rings. The predicted octanol–water partition coefficient (Wildman–Crippen LogP) is 2.43. The van der Waals surface area contributed by atoms with Crippen LogP contribution in [0, 0.1) is 0 Å². The first-order valence-corrected chi connectivity index (χ1v) is 7.70. The highest BCUT2D eigenvalue weighted by Crippen LogP contribution is 2.46. The van der Waals surface area contributed by atoms with E-state index in [9.17, 15) is 14.7 Å². The fourth-order valence-corrected chi connectivity index (χ4v) is 4.13. The van der Waals surface area contributed by atoms with Crippen molar-refractivity contribution >= 4 is 11.0 Å². The number of aromatic hydroxyl groups is 1. The first kappa shape index (κ1) is 12.7. The lowest BCUT2D eigenvalue weighted by Crippen LogP contribution is -2.24. The molecule has 5 nitrogen and oxygen atoms in total. The highest BCUT2D eigenvalue weighted by molar-refractivity contribution is 5.87. The van der Waals surface area contributed by atoms with Crippen LogP contribution in [0.25, 0.3) is 16.7 Å². The van der Waals surface area contributed by atoms with E-state index < -0.39 is 5.63 Å². The SMILES string of the molecule is O=c1cc(O)c2c(=O)n3c4c(c2o1)CCCC4c1ccccc1-3. The summed E-state index contributed by atoms with van der Waals surface area (Å²) in [6.45, 7) is 0. The molecule has 1 aliphatic carbocycles. The highest BCUT2D eigenvalue weighted by Gasteiger charge is 2.36. The molecule has 3 heterocycles. The first-order chi connectivity index (χ1) is 11.2. The number of rotatable bonds is 0. The topological polar surface area (TPSA) is 72.4 Å². The zero-order valence-electron chi connectivity index (χ0n) is 12.2. The van der Waals surface area contributed by atoms with E-state index in [4.69, 9.17) is 4.42 Å². The Morgan fingerprint density at radius 3 is 2.91 bits per heavy atom. The zero-order valence-corrected chi connectivity index (χ0v) is 12.2. The van der Waals surface area contributed by atoms with E-state index in [2.05, 4.69) is 0 Å². The average molecular weight is 307 g/mol. The summed E-state index contributed by atoms with van der Waals surface area (Å²) in [5.74, 6) is -0.154. The second kappa shape index (κ2) is 4.13. The first-order valence-electron chi connectivity index (χ1n) is 7.70. The largest absolute Gasteiger partial charge is 0.507 e. The van der Waals surface area contributed by atoms with Crippen LogP contribution in [-0.2, 0) is 6.42 Å². The molecule has 2 aliphatic rings. The van der Waals surface area contributed by atoms with E-state index in [1.54, 1.807) is 4.57 Å². The number of para-hydroxylation sites is 1. The quantitative estimate of drug-likeness (QED) is 0.692. The number of aromatic nitrogens is 1. The Morgan fingerprint density at radius 2 is 2.04 bits per heavy atom. The number of fused-ring (bicyclic) bond motifs is 5. The molecule has 1 aliphatic heterocycles. The van der Waals surface area contributed by atoms with Crippen LogP contribution in [0.5, 0.6) is 5.75 Å². The van der Waals surface area contributed by atoms with Crippen molar-refractivity contribution in [2.24, 2.45) is 0 Å². The minimum Gasteiger partial charge on any atom is -0.507 e. The molecule has 1 N–H and O–H groups in total. The molecular formula is C18H13NO4. The summed E-state index contributed by atoms with van der Waals surface area (Å²) in [6.07, 6.45) is 2.67. The van der Waals surface area contributed by atoms with Gasteiger partial charge in [0, 0.05) is 17.2 Å². The number of hydrogen-bond donors (Lipinski definition) is 1. The van der Waals surface area contributed by atoms with Gasteiger partial charge in [0.15, 0.2) is 5.58 Å². The average Bonchev–Trinajstić information content (AvgIpc) is 2.88. The van der Waals surface area contributed by atoms with Crippen molar-refractivity contribution in [3.8, 4) is 11.4 Å². The highest BCUT2D eigenvalue weighted by atomic mass is 16.4. The lowest BCUT2D eigenvalue weighted by Gasteiger charge is -2.22. The second-order valence-corrected chi connectivity index (χ2v) is 6.16. The Hall–Kier alpha value is -2.82. The molecule has 0 amide bonds. The van der Waals surface area contributed by atoms with Crippen molar-refractivity contribution in [3.05, 3.63) is 67.9 Å². The Bertz CT molecular complexity index is 1110. The van der Waals surface area contributed by atoms with E-state index in [1.165, 1.54) is 0 Å². The molecule has 1 aromatic carbocycles. The van der Waals surface area contributed by atoms with Gasteiger partial charge in [0.05, 0.1) is 11.8 Å². The Morgan fingerprint density at radius 1 is 1.22 bits per heavy atom.